The highest BCUT2D eigenvalue weighted by atomic mass is 27.2. The van der Waals surface area contributed by atoms with Crippen molar-refractivity contribution in [3.05, 3.63) is 0 Å². The molecule has 1 aliphatic rings. The standard InChI is InChI=1S/C6H11O2.2C4H9.Al/c7-4-6-2-1-3-8-5-6;2*1-3-4-2;/h6H,1-5H2;2*1,3-4H2,2H3;/q-1;;;+1. The normalized spacial score (nSPS) is 20.5. The second-order valence-corrected chi connectivity index (χ2v) is 8.06. The molecule has 1 saturated heterocycles. The van der Waals surface area contributed by atoms with Gasteiger partial charge in [0, 0.05) is 19.1 Å². The van der Waals surface area contributed by atoms with Crippen LogP contribution in [0.2, 0.25) is 10.6 Å². The van der Waals surface area contributed by atoms with Crippen molar-refractivity contribution in [1.29, 1.82) is 0 Å². The smallest absolute Gasteiger partial charge is 0.460 e. The Bertz CT molecular complexity index is 162. The van der Waals surface area contributed by atoms with E-state index < -0.39 is 14.5 Å². The number of unbranched alkanes of at least 4 members (excludes halogenated alkanes) is 2. The van der Waals surface area contributed by atoms with Gasteiger partial charge in [-0.3, -0.25) is 0 Å². The Morgan fingerprint density at radius 3 is 2.41 bits per heavy atom. The number of ether oxygens (including phenoxy) is 1. The van der Waals surface area contributed by atoms with Crippen molar-refractivity contribution in [2.45, 2.75) is 62.9 Å². The van der Waals surface area contributed by atoms with Gasteiger partial charge >= 0.3 is 14.5 Å². The van der Waals surface area contributed by atoms with Crippen LogP contribution < -0.4 is 0 Å². The topological polar surface area (TPSA) is 18.5 Å². The van der Waals surface area contributed by atoms with E-state index in [0.717, 1.165) is 19.8 Å². The molecule has 0 radical (unpaired) electrons. The van der Waals surface area contributed by atoms with Crippen LogP contribution in [-0.4, -0.2) is 34.3 Å². The maximum Gasteiger partial charge on any atom is 0.460 e. The zero-order valence-corrected chi connectivity index (χ0v) is 12.9. The highest BCUT2D eigenvalue weighted by Gasteiger charge is 2.22. The molecule has 0 N–H and O–H groups in total. The van der Waals surface area contributed by atoms with Crippen molar-refractivity contribution in [3.63, 3.8) is 0 Å². The van der Waals surface area contributed by atoms with Gasteiger partial charge in [0.1, 0.15) is 0 Å². The summed E-state index contributed by atoms with van der Waals surface area (Å²) in [6.45, 7) is 7.43. The van der Waals surface area contributed by atoms with Crippen molar-refractivity contribution in [2.24, 2.45) is 5.92 Å². The van der Waals surface area contributed by atoms with Crippen LogP contribution in [0.3, 0.4) is 0 Å². The van der Waals surface area contributed by atoms with Gasteiger partial charge in [0.2, 0.25) is 0 Å². The first kappa shape index (κ1) is 15.5. The lowest BCUT2D eigenvalue weighted by Gasteiger charge is -2.24. The minimum absolute atomic E-state index is 0.682. The summed E-state index contributed by atoms with van der Waals surface area (Å²) in [6, 6.07) is 0. The van der Waals surface area contributed by atoms with E-state index in [1.54, 1.807) is 0 Å². The second kappa shape index (κ2) is 10.4. The summed E-state index contributed by atoms with van der Waals surface area (Å²) in [5, 5.41) is 2.76. The van der Waals surface area contributed by atoms with E-state index in [9.17, 15) is 0 Å². The van der Waals surface area contributed by atoms with E-state index in [4.69, 9.17) is 8.53 Å². The van der Waals surface area contributed by atoms with Gasteiger partial charge in [0.15, 0.2) is 0 Å². The first-order chi connectivity index (χ1) is 8.36. The van der Waals surface area contributed by atoms with Gasteiger partial charge in [-0.05, 0) is 12.8 Å². The minimum Gasteiger partial charge on any atom is -0.500 e. The van der Waals surface area contributed by atoms with Crippen molar-refractivity contribution < 1.29 is 8.53 Å². The largest absolute Gasteiger partial charge is 0.500 e. The van der Waals surface area contributed by atoms with Gasteiger partial charge in [-0.15, -0.1) is 0 Å². The Labute approximate surface area is 112 Å². The molecule has 2 nitrogen and oxygen atoms in total. The summed E-state index contributed by atoms with van der Waals surface area (Å²) in [6.07, 6.45) is 7.88. The summed E-state index contributed by atoms with van der Waals surface area (Å²) in [5.74, 6) is 0.682. The predicted molar refractivity (Wildman–Crippen MR) is 74.7 cm³/mol. The summed E-state index contributed by atoms with van der Waals surface area (Å²) < 4.78 is 11.8. The zero-order valence-electron chi connectivity index (χ0n) is 11.7. The molecule has 100 valence electrons. The third-order valence-electron chi connectivity index (χ3n) is 3.58. The monoisotopic (exact) mass is 256 g/mol. The number of rotatable bonds is 9. The molecule has 0 bridgehead atoms. The van der Waals surface area contributed by atoms with Gasteiger partial charge in [-0.2, -0.15) is 0 Å². The lowest BCUT2D eigenvalue weighted by molar-refractivity contribution is 0.0345. The maximum atomic E-state index is 6.24. The van der Waals surface area contributed by atoms with Crippen LogP contribution in [0, 0.1) is 5.92 Å². The molecule has 1 rings (SSSR count). The van der Waals surface area contributed by atoms with E-state index in [1.807, 2.05) is 0 Å². The quantitative estimate of drug-likeness (QED) is 0.580. The lowest BCUT2D eigenvalue weighted by Crippen LogP contribution is -2.27. The molecule has 0 aromatic rings. The molecule has 0 saturated carbocycles. The van der Waals surface area contributed by atoms with Crippen LogP contribution in [0.25, 0.3) is 0 Å². The van der Waals surface area contributed by atoms with E-state index in [-0.39, 0.29) is 0 Å². The lowest BCUT2D eigenvalue weighted by atomic mass is 10.0. The van der Waals surface area contributed by atoms with Crippen molar-refractivity contribution in [2.75, 3.05) is 19.8 Å². The van der Waals surface area contributed by atoms with Crippen LogP contribution >= 0.6 is 0 Å². The summed E-state index contributed by atoms with van der Waals surface area (Å²) in [4.78, 5) is 0. The molecule has 0 amide bonds. The molecule has 0 aromatic carbocycles. The Balaban J connectivity index is 2.16. The summed E-state index contributed by atoms with van der Waals surface area (Å²) in [7, 11) is 0. The van der Waals surface area contributed by atoms with Crippen molar-refractivity contribution in [1.82, 2.24) is 0 Å². The van der Waals surface area contributed by atoms with E-state index in [2.05, 4.69) is 13.8 Å². The number of hydrogen-bond donors (Lipinski definition) is 0. The molecule has 17 heavy (non-hydrogen) atoms. The van der Waals surface area contributed by atoms with Crippen LogP contribution in [-0.2, 0) is 8.53 Å². The molecule has 0 aromatic heterocycles. The van der Waals surface area contributed by atoms with Crippen LogP contribution in [0.1, 0.15) is 52.4 Å². The molecule has 1 unspecified atom stereocenters. The SMILES string of the molecule is CCC[CH2][Al]([CH2]CCC)[O]CC1CCCOC1. The summed E-state index contributed by atoms with van der Waals surface area (Å²) >= 11 is -0.896. The first-order valence-corrected chi connectivity index (χ1v) is 9.66. The Morgan fingerprint density at radius 1 is 1.18 bits per heavy atom. The molecule has 1 atom stereocenters. The second-order valence-electron chi connectivity index (χ2n) is 5.32. The fourth-order valence-corrected chi connectivity index (χ4v) is 5.28. The highest BCUT2D eigenvalue weighted by molar-refractivity contribution is 6.51. The van der Waals surface area contributed by atoms with E-state index in [1.165, 1.54) is 49.1 Å². The van der Waals surface area contributed by atoms with Crippen molar-refractivity contribution >= 4 is 14.5 Å². The first-order valence-electron chi connectivity index (χ1n) is 7.56. The third-order valence-corrected chi connectivity index (χ3v) is 6.35. The van der Waals surface area contributed by atoms with Crippen molar-refractivity contribution in [3.8, 4) is 0 Å². The van der Waals surface area contributed by atoms with E-state index >= 15 is 0 Å². The molecule has 1 fully saturated rings. The Morgan fingerprint density at radius 2 is 1.88 bits per heavy atom. The predicted octanol–water partition coefficient (Wildman–Crippen LogP) is 4.02. The average molecular weight is 256 g/mol. The van der Waals surface area contributed by atoms with Gasteiger partial charge in [-0.25, -0.2) is 0 Å². The maximum absolute atomic E-state index is 6.24. The minimum atomic E-state index is -0.896. The molecular weight excluding hydrogens is 227 g/mol. The molecule has 3 heteroatoms. The van der Waals surface area contributed by atoms with Gasteiger partial charge < -0.3 is 8.53 Å². The summed E-state index contributed by atoms with van der Waals surface area (Å²) in [5.41, 5.74) is 0. The average Bonchev–Trinajstić information content (AvgIpc) is 2.39. The fourth-order valence-electron chi connectivity index (χ4n) is 2.39. The van der Waals surface area contributed by atoms with E-state index in [0.29, 0.717) is 5.92 Å². The molecular formula is C14H29AlO2. The molecule has 0 aliphatic carbocycles. The fraction of sp³-hybridized carbons (Fsp3) is 1.00. The van der Waals surface area contributed by atoms with Crippen LogP contribution in [0.4, 0.5) is 0 Å². The van der Waals surface area contributed by atoms with Gasteiger partial charge in [0.05, 0.1) is 6.61 Å². The molecule has 1 heterocycles. The Kier molecular flexibility index (Phi) is 9.47. The van der Waals surface area contributed by atoms with Crippen LogP contribution in [0.5, 0.6) is 0 Å². The van der Waals surface area contributed by atoms with Crippen LogP contribution in [0.15, 0.2) is 0 Å². The zero-order chi connectivity index (χ0) is 12.3. The molecule has 0 spiro atoms. The van der Waals surface area contributed by atoms with Gasteiger partial charge in [0.25, 0.3) is 0 Å². The number of hydrogen-bond acceptors (Lipinski definition) is 2. The Hall–Kier alpha value is 0.452. The third kappa shape index (κ3) is 7.47. The van der Waals surface area contributed by atoms with Gasteiger partial charge in [-0.1, -0.05) is 50.1 Å². The highest BCUT2D eigenvalue weighted by Crippen LogP contribution is 2.17. The molecule has 1 aliphatic heterocycles.